The van der Waals surface area contributed by atoms with Crippen LogP contribution < -0.4 is 20.3 Å². The van der Waals surface area contributed by atoms with Crippen molar-refractivity contribution in [3.63, 3.8) is 0 Å². The number of carbonyl (C=O) groups excluding carboxylic acids is 2. The van der Waals surface area contributed by atoms with E-state index in [2.05, 4.69) is 5.32 Å². The minimum Gasteiger partial charge on any atom is -0.493 e. The van der Waals surface area contributed by atoms with Gasteiger partial charge in [0.1, 0.15) is 6.54 Å². The van der Waals surface area contributed by atoms with Gasteiger partial charge in [0, 0.05) is 17.7 Å². The van der Waals surface area contributed by atoms with Crippen molar-refractivity contribution in [3.8, 4) is 23.1 Å². The van der Waals surface area contributed by atoms with E-state index in [1.165, 1.54) is 4.68 Å². The fourth-order valence-electron chi connectivity index (χ4n) is 4.64. The van der Waals surface area contributed by atoms with Crippen LogP contribution in [0.3, 0.4) is 0 Å². The predicted molar refractivity (Wildman–Crippen MR) is 146 cm³/mol. The first-order valence-electron chi connectivity index (χ1n) is 12.6. The second-order valence-electron chi connectivity index (χ2n) is 9.30. The number of carbonyl (C=O) groups is 2. The van der Waals surface area contributed by atoms with Crippen LogP contribution in [0.4, 0.5) is 5.69 Å². The second-order valence-corrected chi connectivity index (χ2v) is 9.30. The molecule has 1 aromatic heterocycles. The number of anilines is 1. The summed E-state index contributed by atoms with van der Waals surface area (Å²) in [7, 11) is 1.56. The Labute approximate surface area is 225 Å². The third kappa shape index (κ3) is 4.90. The third-order valence-electron chi connectivity index (χ3n) is 6.72. The number of nitrogens with zero attached hydrogens (tertiary/aromatic N) is 2. The highest BCUT2D eigenvalue weighted by molar-refractivity contribution is 5.94. The highest BCUT2D eigenvalue weighted by Gasteiger charge is 2.31. The van der Waals surface area contributed by atoms with Crippen LogP contribution in [0.2, 0.25) is 0 Å². The summed E-state index contributed by atoms with van der Waals surface area (Å²) in [6, 6.07) is 17.7. The van der Waals surface area contributed by atoms with Crippen molar-refractivity contribution < 1.29 is 23.8 Å². The molecular formula is C30H29N3O6. The maximum absolute atomic E-state index is 13.8. The van der Waals surface area contributed by atoms with Crippen molar-refractivity contribution in [1.82, 2.24) is 9.36 Å². The molecule has 9 heteroatoms. The van der Waals surface area contributed by atoms with Gasteiger partial charge in [0.15, 0.2) is 11.5 Å². The number of para-hydroxylation sites is 1. The lowest BCUT2D eigenvalue weighted by Gasteiger charge is -2.21. The van der Waals surface area contributed by atoms with Gasteiger partial charge in [-0.3, -0.25) is 9.59 Å². The topological polar surface area (TPSA) is 101 Å². The summed E-state index contributed by atoms with van der Waals surface area (Å²) in [4.78, 5) is 39.2. The lowest BCUT2D eigenvalue weighted by Crippen LogP contribution is -2.27. The summed E-state index contributed by atoms with van der Waals surface area (Å²) >= 11 is 0. The molecule has 0 saturated carbocycles. The van der Waals surface area contributed by atoms with Crippen molar-refractivity contribution in [3.05, 3.63) is 98.8 Å². The maximum atomic E-state index is 13.8. The summed E-state index contributed by atoms with van der Waals surface area (Å²) in [6.07, 6.45) is 0.335. The number of rotatable bonds is 7. The van der Waals surface area contributed by atoms with Gasteiger partial charge in [0.2, 0.25) is 11.8 Å². The van der Waals surface area contributed by atoms with Gasteiger partial charge in [-0.05, 0) is 68.3 Å². The van der Waals surface area contributed by atoms with Gasteiger partial charge in [0.25, 0.3) is 5.56 Å². The third-order valence-corrected chi connectivity index (χ3v) is 6.72. The van der Waals surface area contributed by atoms with Crippen LogP contribution in [-0.2, 0) is 22.5 Å². The van der Waals surface area contributed by atoms with E-state index in [0.29, 0.717) is 40.4 Å². The molecule has 3 aromatic carbocycles. The Hall–Kier alpha value is -4.79. The van der Waals surface area contributed by atoms with Crippen LogP contribution in [0, 0.1) is 13.8 Å². The molecule has 0 aliphatic carbocycles. The van der Waals surface area contributed by atoms with Gasteiger partial charge < -0.3 is 19.5 Å². The van der Waals surface area contributed by atoms with Crippen LogP contribution in [0.5, 0.6) is 17.4 Å². The van der Waals surface area contributed by atoms with Gasteiger partial charge >= 0.3 is 5.97 Å². The van der Waals surface area contributed by atoms with Crippen LogP contribution in [0.15, 0.2) is 65.5 Å². The molecule has 4 aromatic rings. The van der Waals surface area contributed by atoms with Crippen LogP contribution in [0.1, 0.15) is 39.5 Å². The minimum atomic E-state index is -0.474. The molecule has 1 N–H and O–H groups in total. The molecule has 1 amide bonds. The summed E-state index contributed by atoms with van der Waals surface area (Å²) in [5, 5.41) is 2.82. The number of amides is 1. The van der Waals surface area contributed by atoms with E-state index < -0.39 is 11.9 Å². The Balaban J connectivity index is 1.55. The molecule has 1 aliphatic heterocycles. The number of hydrogen-bond donors (Lipinski definition) is 1. The van der Waals surface area contributed by atoms with Crippen LogP contribution >= 0.6 is 0 Å². The van der Waals surface area contributed by atoms with Crippen molar-refractivity contribution in [1.29, 1.82) is 0 Å². The number of aromatic nitrogens is 2. The van der Waals surface area contributed by atoms with Crippen molar-refractivity contribution in [2.75, 3.05) is 19.0 Å². The first-order valence-corrected chi connectivity index (χ1v) is 12.6. The molecule has 0 radical (unpaired) electrons. The zero-order valence-electron chi connectivity index (χ0n) is 22.2. The largest absolute Gasteiger partial charge is 0.493 e. The first-order chi connectivity index (χ1) is 18.8. The fourth-order valence-corrected chi connectivity index (χ4v) is 4.64. The number of nitrogens with one attached hydrogen (secondary N) is 1. The normalized spacial score (nSPS) is 11.7. The second kappa shape index (κ2) is 10.5. The number of aryl methyl sites for hydroxylation is 2. The highest BCUT2D eigenvalue weighted by atomic mass is 16.5. The van der Waals surface area contributed by atoms with Crippen molar-refractivity contribution in [2.45, 2.75) is 33.7 Å². The standard InChI is InChI=1S/C30H29N3O6/c1-5-38-30(36)21-9-6-10-22(15-21)31-26(34)17-32-29-24(16-20-8-7-11-25(37-4)27(20)39-29)28(35)33(32)23-13-12-18(2)19(3)14-23/h6-15H,5,16-17H2,1-4H3,(H,31,34). The molecular weight excluding hydrogens is 498 g/mol. The van der Waals surface area contributed by atoms with E-state index in [4.69, 9.17) is 14.2 Å². The lowest BCUT2D eigenvalue weighted by molar-refractivity contribution is -0.117. The van der Waals surface area contributed by atoms with Crippen molar-refractivity contribution >= 4 is 17.6 Å². The molecule has 0 fully saturated rings. The quantitative estimate of drug-likeness (QED) is 0.306. The molecule has 39 heavy (non-hydrogen) atoms. The van der Waals surface area contributed by atoms with Crippen LogP contribution in [0.25, 0.3) is 5.69 Å². The van der Waals surface area contributed by atoms with Gasteiger partial charge in [-0.15, -0.1) is 0 Å². The van der Waals surface area contributed by atoms with Gasteiger partial charge in [-0.2, -0.15) is 0 Å². The van der Waals surface area contributed by atoms with Gasteiger partial charge in [-0.1, -0.05) is 24.3 Å². The molecule has 0 atom stereocenters. The molecule has 0 spiro atoms. The fraction of sp³-hybridized carbons (Fsp3) is 0.233. The van der Waals surface area contributed by atoms with E-state index in [1.807, 2.05) is 44.2 Å². The van der Waals surface area contributed by atoms with E-state index in [1.54, 1.807) is 49.0 Å². The first kappa shape index (κ1) is 25.8. The number of fused-ring (bicyclic) bond motifs is 2. The zero-order valence-corrected chi connectivity index (χ0v) is 22.2. The van der Waals surface area contributed by atoms with Gasteiger partial charge in [-0.25, -0.2) is 14.2 Å². The maximum Gasteiger partial charge on any atom is 0.338 e. The summed E-state index contributed by atoms with van der Waals surface area (Å²) in [5.74, 6) is 0.460. The molecule has 9 nitrogen and oxygen atoms in total. The lowest BCUT2D eigenvalue weighted by atomic mass is 10.0. The Kier molecular flexibility index (Phi) is 6.98. The molecule has 200 valence electrons. The number of methoxy groups -OCH3 is 1. The molecule has 2 heterocycles. The summed E-state index contributed by atoms with van der Waals surface area (Å²) in [5.41, 5.74) is 4.48. The average molecular weight is 528 g/mol. The van der Waals surface area contributed by atoms with E-state index >= 15 is 0 Å². The van der Waals surface area contributed by atoms with Crippen LogP contribution in [-0.4, -0.2) is 35.0 Å². The molecule has 5 rings (SSSR count). The molecule has 0 unspecified atom stereocenters. The van der Waals surface area contributed by atoms with E-state index in [-0.39, 0.29) is 24.6 Å². The predicted octanol–water partition coefficient (Wildman–Crippen LogP) is 4.78. The number of hydrogen-bond acceptors (Lipinski definition) is 6. The Morgan fingerprint density at radius 2 is 1.82 bits per heavy atom. The van der Waals surface area contributed by atoms with Crippen molar-refractivity contribution in [2.24, 2.45) is 0 Å². The zero-order chi connectivity index (χ0) is 27.7. The SMILES string of the molecule is CCOC(=O)c1cccc(NC(=O)Cn2c3c(c(=O)n2-c2ccc(C)c(C)c2)Cc2cccc(OC)c2O3)c1. The van der Waals surface area contributed by atoms with E-state index in [9.17, 15) is 14.4 Å². The van der Waals surface area contributed by atoms with E-state index in [0.717, 1.165) is 16.7 Å². The monoisotopic (exact) mass is 527 g/mol. The number of ether oxygens (including phenoxy) is 3. The number of benzene rings is 3. The highest BCUT2D eigenvalue weighted by Crippen LogP contribution is 2.41. The van der Waals surface area contributed by atoms with Gasteiger partial charge in [0.05, 0.1) is 30.5 Å². The Morgan fingerprint density at radius 1 is 1.03 bits per heavy atom. The summed E-state index contributed by atoms with van der Waals surface area (Å²) < 4.78 is 19.8. The average Bonchev–Trinajstić information content (AvgIpc) is 3.19. The Bertz CT molecular complexity index is 1650. The minimum absolute atomic E-state index is 0.217. The molecule has 1 aliphatic rings. The molecule has 0 saturated heterocycles. The molecule has 0 bridgehead atoms. The summed E-state index contributed by atoms with van der Waals surface area (Å²) in [6.45, 7) is 5.73. The Morgan fingerprint density at radius 3 is 2.56 bits per heavy atom. The smallest absolute Gasteiger partial charge is 0.338 e. The number of esters is 1.